The summed E-state index contributed by atoms with van der Waals surface area (Å²) in [6, 6.07) is 0.479. The maximum atomic E-state index is 5.91. The molecule has 2 nitrogen and oxygen atoms in total. The van der Waals surface area contributed by atoms with Crippen LogP contribution in [-0.2, 0) is 0 Å². The Balaban J connectivity index is 1.75. The SMILES string of the molecule is CCCC1(CN2CCC(N)CC2)CC1. The Kier molecular flexibility index (Phi) is 3.13. The lowest BCUT2D eigenvalue weighted by molar-refractivity contribution is 0.170. The van der Waals surface area contributed by atoms with E-state index in [-0.39, 0.29) is 0 Å². The average molecular weight is 196 g/mol. The lowest BCUT2D eigenvalue weighted by Crippen LogP contribution is -2.42. The first-order valence-electron chi connectivity index (χ1n) is 6.22. The molecule has 0 bridgehead atoms. The van der Waals surface area contributed by atoms with E-state index in [0.29, 0.717) is 6.04 Å². The second kappa shape index (κ2) is 4.19. The lowest BCUT2D eigenvalue weighted by Gasteiger charge is -2.33. The smallest absolute Gasteiger partial charge is 0.00631 e. The maximum absolute atomic E-state index is 5.91. The third-order valence-electron chi connectivity index (χ3n) is 3.93. The van der Waals surface area contributed by atoms with Gasteiger partial charge in [-0.25, -0.2) is 0 Å². The van der Waals surface area contributed by atoms with Gasteiger partial charge in [-0.05, 0) is 50.6 Å². The van der Waals surface area contributed by atoms with Crippen LogP contribution < -0.4 is 5.73 Å². The predicted molar refractivity (Wildman–Crippen MR) is 60.2 cm³/mol. The van der Waals surface area contributed by atoms with Crippen LogP contribution in [0.3, 0.4) is 0 Å². The third-order valence-corrected chi connectivity index (χ3v) is 3.93. The molecule has 1 saturated carbocycles. The number of likely N-dealkylation sites (tertiary alicyclic amines) is 1. The van der Waals surface area contributed by atoms with Gasteiger partial charge in [-0.15, -0.1) is 0 Å². The van der Waals surface area contributed by atoms with Crippen molar-refractivity contribution in [2.45, 2.75) is 51.5 Å². The zero-order valence-electron chi connectivity index (χ0n) is 9.47. The summed E-state index contributed by atoms with van der Waals surface area (Å²) >= 11 is 0. The zero-order chi connectivity index (χ0) is 10.0. The van der Waals surface area contributed by atoms with Gasteiger partial charge in [0.05, 0.1) is 0 Å². The Morgan fingerprint density at radius 3 is 2.43 bits per heavy atom. The first-order valence-corrected chi connectivity index (χ1v) is 6.22. The van der Waals surface area contributed by atoms with Crippen LogP contribution in [-0.4, -0.2) is 30.6 Å². The highest BCUT2D eigenvalue weighted by Gasteiger charge is 2.42. The molecule has 2 N–H and O–H groups in total. The van der Waals surface area contributed by atoms with Crippen molar-refractivity contribution in [3.05, 3.63) is 0 Å². The number of piperidine rings is 1. The van der Waals surface area contributed by atoms with Crippen molar-refractivity contribution in [3.63, 3.8) is 0 Å². The van der Waals surface area contributed by atoms with Crippen LogP contribution in [0, 0.1) is 5.41 Å². The second-order valence-electron chi connectivity index (χ2n) is 5.36. The third kappa shape index (κ3) is 2.48. The van der Waals surface area contributed by atoms with Crippen molar-refractivity contribution in [1.29, 1.82) is 0 Å². The molecular formula is C12H24N2. The molecule has 2 rings (SSSR count). The van der Waals surface area contributed by atoms with Gasteiger partial charge in [0.1, 0.15) is 0 Å². The van der Waals surface area contributed by atoms with Crippen LogP contribution in [0.15, 0.2) is 0 Å². The molecule has 0 amide bonds. The number of hydrogen-bond acceptors (Lipinski definition) is 2. The summed E-state index contributed by atoms with van der Waals surface area (Å²) in [7, 11) is 0. The van der Waals surface area contributed by atoms with E-state index in [4.69, 9.17) is 5.73 Å². The Labute approximate surface area is 87.8 Å². The van der Waals surface area contributed by atoms with Crippen LogP contribution in [0.2, 0.25) is 0 Å². The van der Waals surface area contributed by atoms with E-state index in [0.717, 1.165) is 5.41 Å². The van der Waals surface area contributed by atoms with Gasteiger partial charge in [0.25, 0.3) is 0 Å². The summed E-state index contributed by atoms with van der Waals surface area (Å²) in [5.41, 5.74) is 6.64. The van der Waals surface area contributed by atoms with Gasteiger partial charge in [-0.2, -0.15) is 0 Å². The first-order chi connectivity index (χ1) is 6.74. The summed E-state index contributed by atoms with van der Waals surface area (Å²) in [5, 5.41) is 0. The molecule has 0 radical (unpaired) electrons. The molecule has 0 unspecified atom stereocenters. The summed E-state index contributed by atoms with van der Waals surface area (Å²) < 4.78 is 0. The van der Waals surface area contributed by atoms with Crippen LogP contribution in [0.4, 0.5) is 0 Å². The highest BCUT2D eigenvalue weighted by Crippen LogP contribution is 2.50. The highest BCUT2D eigenvalue weighted by molar-refractivity contribution is 4.95. The molecule has 1 aliphatic heterocycles. The summed E-state index contributed by atoms with van der Waals surface area (Å²) in [6.07, 6.45) is 8.17. The predicted octanol–water partition coefficient (Wildman–Crippen LogP) is 1.99. The standard InChI is InChI=1S/C12H24N2/c1-2-5-12(6-7-12)10-14-8-3-11(13)4-9-14/h11H,2-10,13H2,1H3. The molecule has 82 valence electrons. The molecule has 0 aromatic heterocycles. The Morgan fingerprint density at radius 2 is 1.93 bits per heavy atom. The molecule has 0 aromatic carbocycles. The van der Waals surface area contributed by atoms with E-state index in [9.17, 15) is 0 Å². The van der Waals surface area contributed by atoms with Gasteiger partial charge in [-0.3, -0.25) is 0 Å². The monoisotopic (exact) mass is 196 g/mol. The molecule has 1 saturated heterocycles. The maximum Gasteiger partial charge on any atom is 0.00631 e. The first kappa shape index (κ1) is 10.4. The summed E-state index contributed by atoms with van der Waals surface area (Å²) in [6.45, 7) is 6.15. The molecule has 2 fully saturated rings. The van der Waals surface area contributed by atoms with Crippen molar-refractivity contribution >= 4 is 0 Å². The highest BCUT2D eigenvalue weighted by atomic mass is 15.1. The van der Waals surface area contributed by atoms with Crippen LogP contribution >= 0.6 is 0 Å². The fraction of sp³-hybridized carbons (Fsp3) is 1.00. The minimum atomic E-state index is 0.479. The van der Waals surface area contributed by atoms with Gasteiger partial charge in [0.2, 0.25) is 0 Å². The van der Waals surface area contributed by atoms with Crippen molar-refractivity contribution in [2.75, 3.05) is 19.6 Å². The Morgan fingerprint density at radius 1 is 1.29 bits per heavy atom. The van der Waals surface area contributed by atoms with E-state index >= 15 is 0 Å². The second-order valence-corrected chi connectivity index (χ2v) is 5.36. The van der Waals surface area contributed by atoms with E-state index in [1.807, 2.05) is 0 Å². The van der Waals surface area contributed by atoms with Crippen LogP contribution in [0.1, 0.15) is 45.4 Å². The van der Waals surface area contributed by atoms with Crippen molar-refractivity contribution < 1.29 is 0 Å². The zero-order valence-corrected chi connectivity index (χ0v) is 9.47. The molecule has 1 heterocycles. The fourth-order valence-corrected chi connectivity index (χ4v) is 2.78. The molecule has 14 heavy (non-hydrogen) atoms. The molecular weight excluding hydrogens is 172 g/mol. The van der Waals surface area contributed by atoms with E-state index in [1.165, 1.54) is 58.2 Å². The molecule has 2 aliphatic rings. The largest absolute Gasteiger partial charge is 0.328 e. The summed E-state index contributed by atoms with van der Waals surface area (Å²) in [4.78, 5) is 2.64. The van der Waals surface area contributed by atoms with E-state index in [1.54, 1.807) is 0 Å². The van der Waals surface area contributed by atoms with Crippen molar-refractivity contribution in [2.24, 2.45) is 11.1 Å². The Hall–Kier alpha value is -0.0800. The van der Waals surface area contributed by atoms with Gasteiger partial charge in [0.15, 0.2) is 0 Å². The number of hydrogen-bond donors (Lipinski definition) is 1. The normalized spacial score (nSPS) is 27.9. The van der Waals surface area contributed by atoms with E-state index < -0.39 is 0 Å². The molecule has 1 aliphatic carbocycles. The van der Waals surface area contributed by atoms with Gasteiger partial charge in [0, 0.05) is 12.6 Å². The molecule has 0 atom stereocenters. The van der Waals surface area contributed by atoms with Crippen LogP contribution in [0.25, 0.3) is 0 Å². The quantitative estimate of drug-likeness (QED) is 0.745. The number of rotatable bonds is 4. The Bertz CT molecular complexity index is 179. The topological polar surface area (TPSA) is 29.3 Å². The van der Waals surface area contributed by atoms with Gasteiger partial charge < -0.3 is 10.6 Å². The number of nitrogens with two attached hydrogens (primary N) is 1. The van der Waals surface area contributed by atoms with Gasteiger partial charge in [-0.1, -0.05) is 13.3 Å². The average Bonchev–Trinajstić information content (AvgIpc) is 2.90. The van der Waals surface area contributed by atoms with Crippen molar-refractivity contribution in [1.82, 2.24) is 4.90 Å². The summed E-state index contributed by atoms with van der Waals surface area (Å²) in [5.74, 6) is 0. The van der Waals surface area contributed by atoms with Crippen LogP contribution in [0.5, 0.6) is 0 Å². The molecule has 2 heteroatoms. The minimum absolute atomic E-state index is 0.479. The van der Waals surface area contributed by atoms with Gasteiger partial charge >= 0.3 is 0 Å². The lowest BCUT2D eigenvalue weighted by atomic mass is 9.98. The molecule has 0 aromatic rings. The fourth-order valence-electron chi connectivity index (χ4n) is 2.78. The number of nitrogens with zero attached hydrogens (tertiary/aromatic N) is 1. The minimum Gasteiger partial charge on any atom is -0.328 e. The molecule has 0 spiro atoms. The van der Waals surface area contributed by atoms with Crippen molar-refractivity contribution in [3.8, 4) is 0 Å². The van der Waals surface area contributed by atoms with E-state index in [2.05, 4.69) is 11.8 Å².